The molecule has 0 rings (SSSR count). The Balaban J connectivity index is 3.10. The molecule has 0 aromatic heterocycles. The summed E-state index contributed by atoms with van der Waals surface area (Å²) in [5, 5.41) is 8.74. The van der Waals surface area contributed by atoms with Crippen LogP contribution >= 0.6 is 0 Å². The molecule has 0 radical (unpaired) electrons. The van der Waals surface area contributed by atoms with Crippen LogP contribution in [0.4, 0.5) is 0 Å². The molecule has 0 unspecified atom stereocenters. The van der Waals surface area contributed by atoms with Crippen LogP contribution in [-0.4, -0.2) is 11.1 Å². The Labute approximate surface area is 113 Å². The van der Waals surface area contributed by atoms with Crippen molar-refractivity contribution in [2.45, 2.75) is 85.0 Å². The average Bonchev–Trinajstić information content (AvgIpc) is 2.30. The molecule has 1 N–H and O–H groups in total. The summed E-state index contributed by atoms with van der Waals surface area (Å²) < 4.78 is 0. The van der Waals surface area contributed by atoms with Gasteiger partial charge in [-0.25, -0.2) is 0 Å². The highest BCUT2D eigenvalue weighted by Crippen LogP contribution is 2.14. The standard InChI is InChI=1S/C16H32O2/c1-14(2)12-10-8-6-4-5-7-9-11-13-15(3)16(17)18/h14-15H,4-13H2,1-3H3,(H,17,18)/t15-/m0/s1. The Kier molecular flexibility index (Phi) is 11.2. The summed E-state index contributed by atoms with van der Waals surface area (Å²) in [6, 6.07) is 0. The maximum absolute atomic E-state index is 10.6. The molecule has 0 amide bonds. The lowest BCUT2D eigenvalue weighted by Crippen LogP contribution is -2.08. The zero-order chi connectivity index (χ0) is 13.8. The van der Waals surface area contributed by atoms with E-state index in [1.165, 1.54) is 51.4 Å². The molecule has 0 spiro atoms. The number of rotatable bonds is 12. The average molecular weight is 256 g/mol. The van der Waals surface area contributed by atoms with Gasteiger partial charge >= 0.3 is 5.97 Å². The van der Waals surface area contributed by atoms with E-state index >= 15 is 0 Å². The second-order valence-electron chi connectivity index (χ2n) is 6.04. The van der Waals surface area contributed by atoms with Gasteiger partial charge in [0.15, 0.2) is 0 Å². The monoisotopic (exact) mass is 256 g/mol. The molecule has 0 aliphatic carbocycles. The third-order valence-electron chi connectivity index (χ3n) is 3.59. The van der Waals surface area contributed by atoms with Crippen molar-refractivity contribution in [2.75, 3.05) is 0 Å². The minimum atomic E-state index is -0.653. The molecule has 0 aliphatic heterocycles. The summed E-state index contributed by atoms with van der Waals surface area (Å²) in [5.41, 5.74) is 0. The van der Waals surface area contributed by atoms with Crippen molar-refractivity contribution in [3.05, 3.63) is 0 Å². The van der Waals surface area contributed by atoms with Crippen LogP contribution in [0.2, 0.25) is 0 Å². The number of carboxylic acid groups (broad SMARTS) is 1. The smallest absolute Gasteiger partial charge is 0.306 e. The molecule has 0 aromatic rings. The zero-order valence-electron chi connectivity index (χ0n) is 12.6. The van der Waals surface area contributed by atoms with Crippen molar-refractivity contribution in [1.29, 1.82) is 0 Å². The van der Waals surface area contributed by atoms with E-state index in [1.807, 2.05) is 0 Å². The molecule has 108 valence electrons. The number of carbonyl (C=O) groups is 1. The summed E-state index contributed by atoms with van der Waals surface area (Å²) in [6.45, 7) is 6.38. The molecule has 0 heterocycles. The van der Waals surface area contributed by atoms with Crippen molar-refractivity contribution in [1.82, 2.24) is 0 Å². The first-order valence-corrected chi connectivity index (χ1v) is 7.76. The molecule has 2 heteroatoms. The van der Waals surface area contributed by atoms with Gasteiger partial charge in [0.05, 0.1) is 5.92 Å². The molecular formula is C16H32O2. The fourth-order valence-electron chi connectivity index (χ4n) is 2.19. The second-order valence-corrected chi connectivity index (χ2v) is 6.04. The fraction of sp³-hybridized carbons (Fsp3) is 0.938. The molecule has 18 heavy (non-hydrogen) atoms. The first kappa shape index (κ1) is 17.5. The minimum absolute atomic E-state index is 0.166. The Morgan fingerprint density at radius 3 is 1.56 bits per heavy atom. The third kappa shape index (κ3) is 11.9. The van der Waals surface area contributed by atoms with Gasteiger partial charge < -0.3 is 5.11 Å². The molecule has 0 aliphatic rings. The summed E-state index contributed by atoms with van der Waals surface area (Å²) in [5.74, 6) is 0.0300. The normalized spacial score (nSPS) is 12.9. The van der Waals surface area contributed by atoms with Crippen LogP contribution < -0.4 is 0 Å². The third-order valence-corrected chi connectivity index (χ3v) is 3.59. The lowest BCUT2D eigenvalue weighted by Gasteiger charge is -2.06. The molecule has 0 saturated carbocycles. The van der Waals surface area contributed by atoms with Crippen molar-refractivity contribution in [3.8, 4) is 0 Å². The van der Waals surface area contributed by atoms with E-state index in [9.17, 15) is 4.79 Å². The maximum atomic E-state index is 10.6. The highest BCUT2D eigenvalue weighted by atomic mass is 16.4. The van der Waals surface area contributed by atoms with Crippen LogP contribution in [0.1, 0.15) is 85.0 Å². The topological polar surface area (TPSA) is 37.3 Å². The predicted octanol–water partition coefficient (Wildman–Crippen LogP) is 5.26. The molecule has 2 nitrogen and oxygen atoms in total. The van der Waals surface area contributed by atoms with Crippen LogP contribution in [0, 0.1) is 11.8 Å². The van der Waals surface area contributed by atoms with Gasteiger partial charge in [0.2, 0.25) is 0 Å². The van der Waals surface area contributed by atoms with E-state index in [-0.39, 0.29) is 5.92 Å². The van der Waals surface area contributed by atoms with Gasteiger partial charge in [-0.3, -0.25) is 4.79 Å². The highest BCUT2D eigenvalue weighted by Gasteiger charge is 2.09. The van der Waals surface area contributed by atoms with Gasteiger partial charge in [-0.15, -0.1) is 0 Å². The minimum Gasteiger partial charge on any atom is -0.481 e. The number of unbranched alkanes of at least 4 members (excludes halogenated alkanes) is 7. The van der Waals surface area contributed by atoms with Gasteiger partial charge in [0.25, 0.3) is 0 Å². The summed E-state index contributed by atoms with van der Waals surface area (Å²) in [4.78, 5) is 10.6. The summed E-state index contributed by atoms with van der Waals surface area (Å²) >= 11 is 0. The Hall–Kier alpha value is -0.530. The number of carboxylic acids is 1. The second kappa shape index (κ2) is 11.6. The van der Waals surface area contributed by atoms with Crippen LogP contribution in [-0.2, 0) is 4.79 Å². The van der Waals surface area contributed by atoms with Gasteiger partial charge in [0.1, 0.15) is 0 Å². The zero-order valence-corrected chi connectivity index (χ0v) is 12.6. The number of hydrogen-bond donors (Lipinski definition) is 1. The molecular weight excluding hydrogens is 224 g/mol. The predicted molar refractivity (Wildman–Crippen MR) is 77.8 cm³/mol. The highest BCUT2D eigenvalue weighted by molar-refractivity contribution is 5.69. The van der Waals surface area contributed by atoms with Crippen molar-refractivity contribution >= 4 is 5.97 Å². The van der Waals surface area contributed by atoms with Gasteiger partial charge in [0, 0.05) is 0 Å². The van der Waals surface area contributed by atoms with E-state index in [0.717, 1.165) is 18.8 Å². The first-order valence-electron chi connectivity index (χ1n) is 7.76. The van der Waals surface area contributed by atoms with E-state index in [4.69, 9.17) is 5.11 Å². The van der Waals surface area contributed by atoms with Gasteiger partial charge in [-0.05, 0) is 12.3 Å². The summed E-state index contributed by atoms with van der Waals surface area (Å²) in [7, 11) is 0. The Morgan fingerprint density at radius 2 is 1.17 bits per heavy atom. The maximum Gasteiger partial charge on any atom is 0.306 e. The molecule has 0 saturated heterocycles. The first-order chi connectivity index (χ1) is 8.54. The summed E-state index contributed by atoms with van der Waals surface area (Å²) in [6.07, 6.45) is 12.6. The van der Waals surface area contributed by atoms with E-state index in [0.29, 0.717) is 0 Å². The van der Waals surface area contributed by atoms with Gasteiger partial charge in [-0.2, -0.15) is 0 Å². The molecule has 0 fully saturated rings. The number of hydrogen-bond acceptors (Lipinski definition) is 1. The Morgan fingerprint density at radius 1 is 0.778 bits per heavy atom. The van der Waals surface area contributed by atoms with Crippen molar-refractivity contribution in [3.63, 3.8) is 0 Å². The lowest BCUT2D eigenvalue weighted by atomic mass is 10.0. The van der Waals surface area contributed by atoms with Crippen LogP contribution in [0.5, 0.6) is 0 Å². The van der Waals surface area contributed by atoms with Crippen molar-refractivity contribution in [2.24, 2.45) is 11.8 Å². The van der Waals surface area contributed by atoms with Gasteiger partial charge in [-0.1, -0.05) is 78.6 Å². The van der Waals surface area contributed by atoms with E-state index in [2.05, 4.69) is 13.8 Å². The van der Waals surface area contributed by atoms with Crippen molar-refractivity contribution < 1.29 is 9.90 Å². The largest absolute Gasteiger partial charge is 0.481 e. The fourth-order valence-corrected chi connectivity index (χ4v) is 2.19. The molecule has 1 atom stereocenters. The number of aliphatic carboxylic acids is 1. The lowest BCUT2D eigenvalue weighted by molar-refractivity contribution is -0.141. The quantitative estimate of drug-likeness (QED) is 0.483. The molecule has 0 aromatic carbocycles. The molecule has 0 bridgehead atoms. The van der Waals surface area contributed by atoms with Crippen LogP contribution in [0.25, 0.3) is 0 Å². The van der Waals surface area contributed by atoms with Crippen LogP contribution in [0.3, 0.4) is 0 Å². The van der Waals surface area contributed by atoms with Crippen LogP contribution in [0.15, 0.2) is 0 Å². The van der Waals surface area contributed by atoms with E-state index < -0.39 is 5.97 Å². The van der Waals surface area contributed by atoms with E-state index in [1.54, 1.807) is 6.92 Å². The SMILES string of the molecule is CC(C)CCCCCCCCCC[C@H](C)C(=O)O. The Bertz CT molecular complexity index is 199.